The van der Waals surface area contributed by atoms with E-state index in [4.69, 9.17) is 9.41 Å². The fourth-order valence-corrected chi connectivity index (χ4v) is 11.8. The molecule has 0 fully saturated rings. The largest absolute Gasteiger partial charge is 0.454 e. The zero-order valence-electron chi connectivity index (χ0n) is 36.7. The van der Waals surface area contributed by atoms with Gasteiger partial charge in [0.2, 0.25) is 0 Å². The number of para-hydroxylation sites is 2. The van der Waals surface area contributed by atoms with Gasteiger partial charge in [0, 0.05) is 38.7 Å². The van der Waals surface area contributed by atoms with E-state index in [1.807, 2.05) is 0 Å². The Bertz CT molecular complexity index is 3880. The van der Waals surface area contributed by atoms with Crippen LogP contribution in [0.4, 0.5) is 0 Å². The van der Waals surface area contributed by atoms with Crippen molar-refractivity contribution in [1.29, 1.82) is 0 Å². The molecule has 4 unspecified atom stereocenters. The number of rotatable bonds is 5. The highest BCUT2D eigenvalue weighted by molar-refractivity contribution is 6.17. The van der Waals surface area contributed by atoms with Crippen molar-refractivity contribution >= 4 is 92.5 Å². The third-order valence-corrected chi connectivity index (χ3v) is 14.9. The van der Waals surface area contributed by atoms with Crippen LogP contribution in [0.15, 0.2) is 204 Å². The van der Waals surface area contributed by atoms with Crippen LogP contribution in [0, 0.1) is 11.8 Å². The van der Waals surface area contributed by atoms with Crippen molar-refractivity contribution in [2.24, 2.45) is 16.8 Å². The van der Waals surface area contributed by atoms with Crippen LogP contribution in [0.25, 0.3) is 92.5 Å². The lowest BCUT2D eigenvalue weighted by molar-refractivity contribution is 0.363. The highest BCUT2D eigenvalue weighted by Gasteiger charge is 2.35. The molecule has 4 atom stereocenters. The Morgan fingerprint density at radius 3 is 1.97 bits per heavy atom. The van der Waals surface area contributed by atoms with Crippen molar-refractivity contribution in [3.05, 3.63) is 211 Å². The maximum absolute atomic E-state index is 6.97. The van der Waals surface area contributed by atoms with Crippen LogP contribution in [-0.2, 0) is 0 Å². The lowest BCUT2D eigenvalue weighted by atomic mass is 9.72. The van der Waals surface area contributed by atoms with Gasteiger partial charge in [0.25, 0.3) is 0 Å². The number of hydrogen-bond acceptors (Lipinski definition) is 2. The molecule has 0 saturated carbocycles. The number of benzene rings is 10. The van der Waals surface area contributed by atoms with E-state index in [9.17, 15) is 0 Å². The smallest absolute Gasteiger partial charge is 0.159 e. The van der Waals surface area contributed by atoms with Crippen LogP contribution < -0.4 is 0 Å². The summed E-state index contributed by atoms with van der Waals surface area (Å²) in [6.45, 7) is 4.83. The zero-order valence-corrected chi connectivity index (χ0v) is 36.7. The number of aliphatic imine (C=N–C) groups is 1. The van der Waals surface area contributed by atoms with E-state index in [2.05, 4.69) is 213 Å². The van der Waals surface area contributed by atoms with Crippen molar-refractivity contribution in [3.63, 3.8) is 0 Å². The van der Waals surface area contributed by atoms with Gasteiger partial charge in [-0.3, -0.25) is 4.99 Å². The average molecular weight is 837 g/mol. The van der Waals surface area contributed by atoms with Gasteiger partial charge < -0.3 is 8.98 Å². The van der Waals surface area contributed by atoms with Gasteiger partial charge in [-0.05, 0) is 128 Å². The highest BCUT2D eigenvalue weighted by Crippen LogP contribution is 2.48. The third kappa shape index (κ3) is 5.98. The Balaban J connectivity index is 1.08. The molecule has 0 aliphatic carbocycles. The Kier molecular flexibility index (Phi) is 8.81. The normalized spacial score (nSPS) is 19.1. The second-order valence-corrected chi connectivity index (χ2v) is 18.5. The minimum atomic E-state index is -0.0169. The molecule has 0 spiro atoms. The molecule has 0 saturated heterocycles. The minimum absolute atomic E-state index is 0.0169. The Morgan fingerprint density at radius 1 is 0.508 bits per heavy atom. The Labute approximate surface area is 378 Å². The second kappa shape index (κ2) is 15.1. The van der Waals surface area contributed by atoms with E-state index in [0.29, 0.717) is 0 Å². The van der Waals surface area contributed by atoms with Gasteiger partial charge >= 0.3 is 0 Å². The van der Waals surface area contributed by atoms with Crippen molar-refractivity contribution < 1.29 is 4.42 Å². The van der Waals surface area contributed by atoms with Crippen LogP contribution in [0.1, 0.15) is 61.8 Å². The molecular formula is C62H48N2O. The molecule has 3 nitrogen and oxygen atoms in total. The van der Waals surface area contributed by atoms with Crippen molar-refractivity contribution in [2.75, 3.05) is 0 Å². The number of nitrogens with zero attached hydrogens (tertiary/aromatic N) is 2. The fraction of sp³-hybridized carbons (Fsp3) is 0.145. The second-order valence-electron chi connectivity index (χ2n) is 18.5. The maximum Gasteiger partial charge on any atom is 0.159 e. The molecule has 3 heterocycles. The van der Waals surface area contributed by atoms with Gasteiger partial charge in [0.05, 0.1) is 22.8 Å². The summed E-state index contributed by atoms with van der Waals surface area (Å²) in [4.78, 5) is 6.17. The molecule has 0 N–H and O–H groups in total. The Hall–Kier alpha value is -7.49. The minimum Gasteiger partial charge on any atom is -0.454 e. The lowest BCUT2D eigenvalue weighted by Gasteiger charge is -2.35. The van der Waals surface area contributed by atoms with E-state index in [-0.39, 0.29) is 23.8 Å². The number of fused-ring (bicyclic) bond motifs is 11. The van der Waals surface area contributed by atoms with Crippen LogP contribution >= 0.6 is 0 Å². The quantitative estimate of drug-likeness (QED) is 0.159. The summed E-state index contributed by atoms with van der Waals surface area (Å²) in [7, 11) is 0. The molecule has 12 aromatic rings. The first-order chi connectivity index (χ1) is 32.1. The van der Waals surface area contributed by atoms with E-state index in [1.54, 1.807) is 0 Å². The standard InChI is InChI=1S/C62H48N2O/c1-3-44-47(32-31-38(2)60(63-61(44)52-28-16-21-39-17-6-8-22-45(39)52)54-34-42-20-7-9-23-46(42)48-24-10-11-25-49(48)54)43-35-55-51-27-13-15-30-59(51)65-62(55)58(37-43)64-56-29-14-12-26-50(56)53-33-40-18-4-5-19-41(40)36-57(53)64/h4-30,33-38,44,47,60H,3,31-32H2,1-2H3/b63-61+. The Morgan fingerprint density at radius 2 is 1.15 bits per heavy atom. The summed E-state index contributed by atoms with van der Waals surface area (Å²) < 4.78 is 9.46. The van der Waals surface area contributed by atoms with Gasteiger partial charge in [-0.25, -0.2) is 0 Å². The molecule has 0 bridgehead atoms. The van der Waals surface area contributed by atoms with Crippen LogP contribution in [0.3, 0.4) is 0 Å². The first kappa shape index (κ1) is 38.0. The van der Waals surface area contributed by atoms with Crippen molar-refractivity contribution in [2.45, 2.75) is 45.1 Å². The average Bonchev–Trinajstić information content (AvgIpc) is 3.89. The predicted molar refractivity (Wildman–Crippen MR) is 275 cm³/mol. The van der Waals surface area contributed by atoms with E-state index in [1.165, 1.54) is 87.3 Å². The molecule has 0 radical (unpaired) electrons. The lowest BCUT2D eigenvalue weighted by Crippen LogP contribution is -2.28. The molecule has 312 valence electrons. The maximum atomic E-state index is 6.97. The number of hydrogen-bond donors (Lipinski definition) is 0. The van der Waals surface area contributed by atoms with E-state index < -0.39 is 0 Å². The van der Waals surface area contributed by atoms with Gasteiger partial charge in [-0.2, -0.15) is 0 Å². The van der Waals surface area contributed by atoms with Crippen molar-refractivity contribution in [1.82, 2.24) is 4.57 Å². The molecule has 13 rings (SSSR count). The summed E-state index contributed by atoms with van der Waals surface area (Å²) in [6.07, 6.45) is 3.03. The summed E-state index contributed by atoms with van der Waals surface area (Å²) in [6, 6.07) is 71.9. The monoisotopic (exact) mass is 836 g/mol. The van der Waals surface area contributed by atoms with Crippen molar-refractivity contribution in [3.8, 4) is 5.69 Å². The molecule has 1 aliphatic rings. The third-order valence-electron chi connectivity index (χ3n) is 14.9. The zero-order chi connectivity index (χ0) is 43.2. The molecule has 10 aromatic carbocycles. The summed E-state index contributed by atoms with van der Waals surface area (Å²) in [5, 5.41) is 14.9. The van der Waals surface area contributed by atoms with Crippen LogP contribution in [-0.4, -0.2) is 10.3 Å². The van der Waals surface area contributed by atoms with Gasteiger partial charge in [-0.1, -0.05) is 166 Å². The summed E-state index contributed by atoms with van der Waals surface area (Å²) >= 11 is 0. The molecule has 3 heteroatoms. The van der Waals surface area contributed by atoms with Gasteiger partial charge in [0.1, 0.15) is 5.58 Å². The summed E-state index contributed by atoms with van der Waals surface area (Å²) in [5.74, 6) is 0.627. The SMILES string of the molecule is CCC1/C(c2cccc3ccccc23)=N\C(c2cc3ccccc3c3ccccc23)C(C)CCC1c1cc(-n2c3ccccc3c3cc4ccccc4cc32)c2oc3ccccc3c2c1. The van der Waals surface area contributed by atoms with E-state index >= 15 is 0 Å². The molecule has 65 heavy (non-hydrogen) atoms. The molecule has 0 amide bonds. The topological polar surface area (TPSA) is 30.4 Å². The molecule has 1 aliphatic heterocycles. The first-order valence-electron chi connectivity index (χ1n) is 23.4. The van der Waals surface area contributed by atoms with E-state index in [0.717, 1.165) is 46.9 Å². The predicted octanol–water partition coefficient (Wildman–Crippen LogP) is 17.1. The number of aromatic nitrogens is 1. The van der Waals surface area contributed by atoms with Crippen LogP contribution in [0.2, 0.25) is 0 Å². The molecular weight excluding hydrogens is 789 g/mol. The highest BCUT2D eigenvalue weighted by atomic mass is 16.3. The van der Waals surface area contributed by atoms with Gasteiger partial charge in [0.15, 0.2) is 5.58 Å². The number of furan rings is 1. The summed E-state index contributed by atoms with van der Waals surface area (Å²) in [5.41, 5.74) is 10.4. The van der Waals surface area contributed by atoms with Gasteiger partial charge in [-0.15, -0.1) is 0 Å². The van der Waals surface area contributed by atoms with Crippen LogP contribution in [0.5, 0.6) is 0 Å². The first-order valence-corrected chi connectivity index (χ1v) is 23.4. The molecule has 2 aromatic heterocycles. The fourth-order valence-electron chi connectivity index (χ4n) is 11.8.